The fourth-order valence-electron chi connectivity index (χ4n) is 14.5. The molecule has 7 rings (SSSR count). The van der Waals surface area contributed by atoms with Crippen molar-refractivity contribution in [3.63, 3.8) is 0 Å². The lowest BCUT2D eigenvalue weighted by molar-refractivity contribution is -0.310. The molecule has 0 amide bonds. The maximum atomic E-state index is 14.3. The van der Waals surface area contributed by atoms with Crippen molar-refractivity contribution >= 4 is 5.97 Å². The molecule has 17 heteroatoms. The van der Waals surface area contributed by atoms with Gasteiger partial charge in [0.15, 0.2) is 6.29 Å². The Hall–Kier alpha value is -1.13. The summed E-state index contributed by atoms with van der Waals surface area (Å²) < 4.78 is 22.5. The maximum Gasteiger partial charge on any atom is 0.317 e. The first-order valence-electron chi connectivity index (χ1n) is 22.2. The first-order valence-corrected chi connectivity index (χ1v) is 22.2. The van der Waals surface area contributed by atoms with E-state index in [2.05, 4.69) is 20.8 Å². The van der Waals surface area contributed by atoms with Crippen LogP contribution in [-0.2, 0) is 23.7 Å². The van der Waals surface area contributed by atoms with Gasteiger partial charge < -0.3 is 80.2 Å². The molecule has 2 spiro atoms. The second-order valence-electron chi connectivity index (χ2n) is 21.1. The molecule has 2 saturated heterocycles. The highest BCUT2D eigenvalue weighted by Crippen LogP contribution is 2.89. The zero-order chi connectivity index (χ0) is 44.3. The molecule has 60 heavy (non-hydrogen) atoms. The summed E-state index contributed by atoms with van der Waals surface area (Å²) in [7, 11) is 0. The van der Waals surface area contributed by atoms with Crippen LogP contribution in [0.1, 0.15) is 99.3 Å². The van der Waals surface area contributed by atoms with E-state index >= 15 is 0 Å². The Balaban J connectivity index is 1.07. The van der Waals surface area contributed by atoms with Crippen LogP contribution in [0.4, 0.5) is 0 Å². The number of hydrogen-bond acceptors (Lipinski definition) is 17. The lowest BCUT2D eigenvalue weighted by Crippen LogP contribution is -2.65. The fraction of sp³-hybridized carbons (Fsp3) is 0.977. The molecule has 2 heterocycles. The highest BCUT2D eigenvalue weighted by atomic mass is 16.7. The number of esters is 1. The van der Waals surface area contributed by atoms with Crippen LogP contribution in [-0.4, -0.2) is 172 Å². The van der Waals surface area contributed by atoms with Gasteiger partial charge in [0.05, 0.1) is 49.1 Å². The number of aliphatic hydroxyl groups is 12. The van der Waals surface area contributed by atoms with Crippen LogP contribution in [0.5, 0.6) is 0 Å². The number of carbonyl (C=O) groups excluding carboxylic acids is 1. The Labute approximate surface area is 351 Å². The van der Waals surface area contributed by atoms with Gasteiger partial charge in [-0.05, 0) is 104 Å². The summed E-state index contributed by atoms with van der Waals surface area (Å²) in [5.41, 5.74) is -4.67. The molecule has 0 aromatic heterocycles. The zero-order valence-corrected chi connectivity index (χ0v) is 35.8. The van der Waals surface area contributed by atoms with Crippen LogP contribution in [0.15, 0.2) is 0 Å². The van der Waals surface area contributed by atoms with Crippen molar-refractivity contribution in [3.05, 3.63) is 0 Å². The van der Waals surface area contributed by atoms with E-state index in [1.165, 1.54) is 0 Å². The van der Waals surface area contributed by atoms with Crippen LogP contribution >= 0.6 is 0 Å². The molecule has 346 valence electrons. The Morgan fingerprint density at radius 3 is 1.90 bits per heavy atom. The predicted molar refractivity (Wildman–Crippen MR) is 208 cm³/mol. The van der Waals surface area contributed by atoms with Gasteiger partial charge in [0, 0.05) is 11.8 Å². The van der Waals surface area contributed by atoms with Crippen LogP contribution in [0, 0.1) is 56.7 Å². The zero-order valence-electron chi connectivity index (χ0n) is 35.8. The number of carbonyl (C=O) groups is 1. The summed E-state index contributed by atoms with van der Waals surface area (Å²) in [5.74, 6) is -1.73. The maximum absolute atomic E-state index is 14.3. The Morgan fingerprint density at radius 1 is 0.750 bits per heavy atom. The van der Waals surface area contributed by atoms with Gasteiger partial charge in [-0.2, -0.15) is 0 Å². The van der Waals surface area contributed by atoms with Crippen molar-refractivity contribution in [2.45, 2.75) is 185 Å². The number of ether oxygens (including phenoxy) is 4. The van der Waals surface area contributed by atoms with Crippen LogP contribution in [0.3, 0.4) is 0 Å². The van der Waals surface area contributed by atoms with E-state index in [1.807, 2.05) is 13.8 Å². The van der Waals surface area contributed by atoms with E-state index < -0.39 is 121 Å². The van der Waals surface area contributed by atoms with E-state index in [4.69, 9.17) is 18.9 Å². The largest absolute Gasteiger partial charge is 0.432 e. The molecule has 23 atom stereocenters. The Bertz CT molecular complexity index is 1570. The van der Waals surface area contributed by atoms with Gasteiger partial charge in [0.2, 0.25) is 6.29 Å². The molecule has 7 aliphatic rings. The van der Waals surface area contributed by atoms with E-state index in [9.17, 15) is 66.1 Å². The number of hydrogen-bond donors (Lipinski definition) is 12. The molecule has 2 aliphatic heterocycles. The average molecular weight is 861 g/mol. The van der Waals surface area contributed by atoms with Gasteiger partial charge in [-0.1, -0.05) is 34.6 Å². The summed E-state index contributed by atoms with van der Waals surface area (Å²) in [6.45, 7) is 10.4. The summed E-state index contributed by atoms with van der Waals surface area (Å²) >= 11 is 0. The van der Waals surface area contributed by atoms with Crippen molar-refractivity contribution < 1.29 is 85.0 Å². The second-order valence-corrected chi connectivity index (χ2v) is 21.1. The minimum Gasteiger partial charge on any atom is -0.432 e. The molecule has 17 nitrogen and oxygen atoms in total. The molecule has 7 fully saturated rings. The van der Waals surface area contributed by atoms with Gasteiger partial charge in [-0.25, -0.2) is 0 Å². The third-order valence-electron chi connectivity index (χ3n) is 18.4. The quantitative estimate of drug-likeness (QED) is 0.101. The van der Waals surface area contributed by atoms with Gasteiger partial charge >= 0.3 is 5.97 Å². The first kappa shape index (κ1) is 46.9. The highest BCUT2D eigenvalue weighted by molar-refractivity contribution is 5.78. The smallest absolute Gasteiger partial charge is 0.317 e. The van der Waals surface area contributed by atoms with E-state index in [0.717, 1.165) is 12.8 Å². The molecule has 0 aromatic rings. The summed E-state index contributed by atoms with van der Waals surface area (Å²) in [4.78, 5) is 14.3. The van der Waals surface area contributed by atoms with E-state index in [-0.39, 0.29) is 52.9 Å². The minimum absolute atomic E-state index is 0.0428. The monoisotopic (exact) mass is 860 g/mol. The van der Waals surface area contributed by atoms with Crippen molar-refractivity contribution in [3.8, 4) is 0 Å². The van der Waals surface area contributed by atoms with Crippen LogP contribution < -0.4 is 0 Å². The molecular formula is C43H72O17. The second kappa shape index (κ2) is 16.1. The number of aliphatic hydroxyl groups excluding tert-OH is 11. The van der Waals surface area contributed by atoms with E-state index in [1.54, 1.807) is 6.92 Å². The van der Waals surface area contributed by atoms with Crippen molar-refractivity contribution in [2.75, 3.05) is 19.8 Å². The fourth-order valence-corrected chi connectivity index (χ4v) is 14.5. The molecule has 12 N–H and O–H groups in total. The Morgan fingerprint density at radius 2 is 1.32 bits per heavy atom. The molecule has 0 radical (unpaired) electrons. The molecule has 1 unspecified atom stereocenters. The topological polar surface area (TPSA) is 297 Å². The van der Waals surface area contributed by atoms with Gasteiger partial charge in [-0.15, -0.1) is 0 Å². The third-order valence-corrected chi connectivity index (χ3v) is 18.4. The highest BCUT2D eigenvalue weighted by Gasteiger charge is 2.86. The number of rotatable bonds is 12. The molecular weight excluding hydrogens is 788 g/mol. The SMILES string of the molecule is CC(C)[C@@](O)(CC[C@@H](C)[C@H]1[C@H](O)C[C@@]2(C)[C@@H]3CCC4[C@](C)(C(=O)O[C@@H]5O[C@H](CO)[C@@H](O)[C@H](O)[C@H]5O)[C@@H](O)C[C@H](O)[C@@]45C[C@@]35CC[C@]12C)CO[C@@H]1O[C@H](CO)[C@@H](O)[C@H](O)[C@H]1O. The number of fused-ring (bicyclic) bond motifs is 2. The normalized spacial score (nSPS) is 53.9. The standard InChI is InChI=1S/C43H72O17/c1-19(2)42(56,18-57-35-33(53)31(51)29(49)22(15-44)58-35)10-9-20(3)28-21(46)14-39(5)24-7-8-25-40(6,37(55)60-36-34(54)32(52)30(50)23(16-45)59-36)26(47)13-27(48)43(25)17-41(24,43)12-11-38(28,39)4/h19-36,44-54,56H,7-18H2,1-6H3/t20-,21-,22-,23-,24+,25?,26+,27+,28+,29-,30-,31+,32+,33-,34-,35-,36+,38-,39+,40+,41+,42-,43-/m1/s1. The summed E-state index contributed by atoms with van der Waals surface area (Å²) in [6.07, 6.45) is -13.7. The molecule has 0 aromatic carbocycles. The summed E-state index contributed by atoms with van der Waals surface area (Å²) in [6, 6.07) is 0. The lowest BCUT2D eigenvalue weighted by Gasteiger charge is -2.63. The predicted octanol–water partition coefficient (Wildman–Crippen LogP) is -1.33. The van der Waals surface area contributed by atoms with Gasteiger partial charge in [0.1, 0.15) is 48.8 Å². The summed E-state index contributed by atoms with van der Waals surface area (Å²) in [5, 5.41) is 129. The average Bonchev–Trinajstić information content (AvgIpc) is 3.84. The van der Waals surface area contributed by atoms with Crippen LogP contribution in [0.25, 0.3) is 0 Å². The molecule has 5 saturated carbocycles. The van der Waals surface area contributed by atoms with E-state index in [0.29, 0.717) is 38.5 Å². The molecule has 5 aliphatic carbocycles. The van der Waals surface area contributed by atoms with Gasteiger partial charge in [0.25, 0.3) is 0 Å². The lowest BCUT2D eigenvalue weighted by atomic mass is 9.41. The van der Waals surface area contributed by atoms with Crippen molar-refractivity contribution in [1.29, 1.82) is 0 Å². The van der Waals surface area contributed by atoms with Crippen LogP contribution in [0.2, 0.25) is 0 Å². The van der Waals surface area contributed by atoms with Crippen molar-refractivity contribution in [1.82, 2.24) is 0 Å². The Kier molecular flexibility index (Phi) is 12.6. The van der Waals surface area contributed by atoms with Crippen molar-refractivity contribution in [2.24, 2.45) is 56.7 Å². The minimum atomic E-state index is -1.80. The third kappa shape index (κ3) is 6.61. The first-order chi connectivity index (χ1) is 27.9. The van der Waals surface area contributed by atoms with Gasteiger partial charge in [-0.3, -0.25) is 4.79 Å². The molecule has 0 bridgehead atoms.